The van der Waals surface area contributed by atoms with Crippen LogP contribution in [-0.4, -0.2) is 16.1 Å². The number of carbonyl (C=O) groups excluding carboxylic acids is 1. The molecule has 0 bridgehead atoms. The Balaban J connectivity index is 1.77. The second kappa shape index (κ2) is 4.98. The lowest BCUT2D eigenvalue weighted by molar-refractivity contribution is 0.102. The van der Waals surface area contributed by atoms with Crippen LogP contribution in [0.2, 0.25) is 0 Å². The van der Waals surface area contributed by atoms with Crippen LogP contribution < -0.4 is 5.32 Å². The first-order valence-corrected chi connectivity index (χ1v) is 6.84. The highest BCUT2D eigenvalue weighted by molar-refractivity contribution is 9.10. The standard InChI is InChI=1S/C11H6BrN3O3S/c12-8-4-3-6(17-8)10-14-15-11(18-10)13-9(16)7-2-1-5-19-7/h1-5H,(H,13,15,16). The zero-order valence-electron chi connectivity index (χ0n) is 9.29. The molecular weight excluding hydrogens is 334 g/mol. The van der Waals surface area contributed by atoms with Gasteiger partial charge in [0.2, 0.25) is 0 Å². The van der Waals surface area contributed by atoms with Crippen LogP contribution in [0.25, 0.3) is 11.7 Å². The van der Waals surface area contributed by atoms with Gasteiger partial charge < -0.3 is 8.83 Å². The fourth-order valence-corrected chi connectivity index (χ4v) is 2.29. The number of hydrogen-bond donors (Lipinski definition) is 1. The predicted molar refractivity (Wildman–Crippen MR) is 72.0 cm³/mol. The Labute approximate surface area is 119 Å². The molecule has 96 valence electrons. The predicted octanol–water partition coefficient (Wildman–Crippen LogP) is 3.41. The minimum atomic E-state index is -0.286. The quantitative estimate of drug-likeness (QED) is 0.790. The summed E-state index contributed by atoms with van der Waals surface area (Å²) in [4.78, 5) is 12.3. The van der Waals surface area contributed by atoms with Crippen LogP contribution in [-0.2, 0) is 0 Å². The Morgan fingerprint density at radius 1 is 1.26 bits per heavy atom. The minimum Gasteiger partial charge on any atom is -0.444 e. The lowest BCUT2D eigenvalue weighted by Gasteiger charge is -1.95. The number of anilines is 1. The van der Waals surface area contributed by atoms with Gasteiger partial charge in [0, 0.05) is 0 Å². The van der Waals surface area contributed by atoms with Gasteiger partial charge in [0.25, 0.3) is 11.8 Å². The highest BCUT2D eigenvalue weighted by Gasteiger charge is 2.15. The van der Waals surface area contributed by atoms with Gasteiger partial charge in [-0.15, -0.1) is 16.4 Å². The summed E-state index contributed by atoms with van der Waals surface area (Å²) in [5.74, 6) is 0.342. The van der Waals surface area contributed by atoms with Gasteiger partial charge in [0.1, 0.15) is 0 Å². The Kier molecular flexibility index (Phi) is 3.18. The molecule has 3 aromatic rings. The van der Waals surface area contributed by atoms with E-state index in [-0.39, 0.29) is 17.8 Å². The average molecular weight is 340 g/mol. The van der Waals surface area contributed by atoms with Crippen molar-refractivity contribution in [2.75, 3.05) is 5.32 Å². The maximum atomic E-state index is 11.8. The number of thiophene rings is 1. The second-order valence-electron chi connectivity index (χ2n) is 3.45. The number of rotatable bonds is 3. The Morgan fingerprint density at radius 3 is 2.84 bits per heavy atom. The molecular formula is C11H6BrN3O3S. The molecule has 0 aromatic carbocycles. The molecule has 8 heteroatoms. The van der Waals surface area contributed by atoms with Gasteiger partial charge in [-0.05, 0) is 39.5 Å². The molecule has 0 aliphatic rings. The van der Waals surface area contributed by atoms with E-state index < -0.39 is 0 Å². The van der Waals surface area contributed by atoms with Gasteiger partial charge in [0.05, 0.1) is 4.88 Å². The topological polar surface area (TPSA) is 81.2 Å². The molecule has 0 saturated carbocycles. The van der Waals surface area contributed by atoms with Crippen molar-refractivity contribution in [3.05, 3.63) is 39.2 Å². The zero-order valence-corrected chi connectivity index (χ0v) is 11.7. The van der Waals surface area contributed by atoms with Gasteiger partial charge in [-0.25, -0.2) is 0 Å². The van der Waals surface area contributed by atoms with Gasteiger partial charge in [-0.2, -0.15) is 0 Å². The summed E-state index contributed by atoms with van der Waals surface area (Å²) in [7, 11) is 0. The van der Waals surface area contributed by atoms with E-state index >= 15 is 0 Å². The first kappa shape index (κ1) is 12.1. The normalized spacial score (nSPS) is 10.6. The highest BCUT2D eigenvalue weighted by Crippen LogP contribution is 2.25. The number of carbonyl (C=O) groups is 1. The number of amides is 1. The lowest BCUT2D eigenvalue weighted by Crippen LogP contribution is -2.10. The van der Waals surface area contributed by atoms with Crippen molar-refractivity contribution in [2.45, 2.75) is 0 Å². The average Bonchev–Trinajstić information content (AvgIpc) is 3.07. The summed E-state index contributed by atoms with van der Waals surface area (Å²) in [6.07, 6.45) is 0. The fraction of sp³-hybridized carbons (Fsp3) is 0. The molecule has 1 N–H and O–H groups in total. The first-order valence-electron chi connectivity index (χ1n) is 5.16. The number of furan rings is 1. The van der Waals surface area contributed by atoms with Crippen LogP contribution in [0.5, 0.6) is 0 Å². The summed E-state index contributed by atoms with van der Waals surface area (Å²) in [6.45, 7) is 0. The van der Waals surface area contributed by atoms with E-state index in [0.29, 0.717) is 15.3 Å². The molecule has 3 rings (SSSR count). The number of aromatic nitrogens is 2. The smallest absolute Gasteiger partial charge is 0.322 e. The summed E-state index contributed by atoms with van der Waals surface area (Å²) in [5, 5.41) is 11.9. The van der Waals surface area contributed by atoms with Crippen LogP contribution in [0.1, 0.15) is 9.67 Å². The van der Waals surface area contributed by atoms with Crippen molar-refractivity contribution >= 4 is 39.2 Å². The summed E-state index contributed by atoms with van der Waals surface area (Å²) in [5.41, 5.74) is 0. The maximum absolute atomic E-state index is 11.8. The number of nitrogens with one attached hydrogen (secondary N) is 1. The van der Waals surface area contributed by atoms with E-state index in [1.165, 1.54) is 11.3 Å². The van der Waals surface area contributed by atoms with Crippen molar-refractivity contribution < 1.29 is 13.6 Å². The molecule has 6 nitrogen and oxygen atoms in total. The molecule has 3 heterocycles. The highest BCUT2D eigenvalue weighted by atomic mass is 79.9. The number of nitrogens with zero attached hydrogens (tertiary/aromatic N) is 2. The number of hydrogen-bond acceptors (Lipinski definition) is 6. The molecule has 19 heavy (non-hydrogen) atoms. The van der Waals surface area contributed by atoms with E-state index in [4.69, 9.17) is 8.83 Å². The summed E-state index contributed by atoms with van der Waals surface area (Å²) in [6, 6.07) is 6.92. The minimum absolute atomic E-state index is 0.0286. The number of halogens is 1. The SMILES string of the molecule is O=C(Nc1nnc(-c2ccc(Br)o2)o1)c1cccs1. The van der Waals surface area contributed by atoms with Gasteiger partial charge in [-0.1, -0.05) is 11.2 Å². The van der Waals surface area contributed by atoms with Crippen molar-refractivity contribution in [3.8, 4) is 11.7 Å². The van der Waals surface area contributed by atoms with Gasteiger partial charge in [-0.3, -0.25) is 10.1 Å². The fourth-order valence-electron chi connectivity index (χ4n) is 1.37. The molecule has 0 unspecified atom stereocenters. The molecule has 0 radical (unpaired) electrons. The third kappa shape index (κ3) is 2.59. The Morgan fingerprint density at radius 2 is 2.16 bits per heavy atom. The van der Waals surface area contributed by atoms with Crippen LogP contribution in [0.15, 0.2) is 43.1 Å². The molecule has 0 fully saturated rings. The largest absolute Gasteiger partial charge is 0.444 e. The van der Waals surface area contributed by atoms with E-state index in [9.17, 15) is 4.79 Å². The lowest BCUT2D eigenvalue weighted by atomic mass is 10.4. The van der Waals surface area contributed by atoms with Crippen molar-refractivity contribution in [1.29, 1.82) is 0 Å². The monoisotopic (exact) mass is 339 g/mol. The van der Waals surface area contributed by atoms with Crippen LogP contribution >= 0.6 is 27.3 Å². The van der Waals surface area contributed by atoms with Gasteiger partial charge in [0.15, 0.2) is 10.4 Å². The van der Waals surface area contributed by atoms with Crippen molar-refractivity contribution in [1.82, 2.24) is 10.2 Å². The maximum Gasteiger partial charge on any atom is 0.322 e. The molecule has 0 spiro atoms. The molecule has 1 amide bonds. The Hall–Kier alpha value is -1.93. The first-order chi connectivity index (χ1) is 9.22. The van der Waals surface area contributed by atoms with Crippen molar-refractivity contribution in [2.24, 2.45) is 0 Å². The molecule has 0 aliphatic heterocycles. The van der Waals surface area contributed by atoms with E-state index in [2.05, 4.69) is 31.4 Å². The van der Waals surface area contributed by atoms with E-state index in [1.54, 1.807) is 24.3 Å². The van der Waals surface area contributed by atoms with Crippen molar-refractivity contribution in [3.63, 3.8) is 0 Å². The van der Waals surface area contributed by atoms with Crippen LogP contribution in [0.3, 0.4) is 0 Å². The zero-order chi connectivity index (χ0) is 13.2. The summed E-state index contributed by atoms with van der Waals surface area (Å²) >= 11 is 4.51. The second-order valence-corrected chi connectivity index (χ2v) is 5.18. The molecule has 0 saturated heterocycles. The van der Waals surface area contributed by atoms with Crippen LogP contribution in [0, 0.1) is 0 Å². The third-order valence-electron chi connectivity index (χ3n) is 2.17. The summed E-state index contributed by atoms with van der Waals surface area (Å²) < 4.78 is 11.1. The third-order valence-corrected chi connectivity index (χ3v) is 3.47. The Bertz CT molecular complexity index is 704. The van der Waals surface area contributed by atoms with E-state index in [1.807, 2.05) is 5.38 Å². The molecule has 0 aliphatic carbocycles. The van der Waals surface area contributed by atoms with Crippen LogP contribution in [0.4, 0.5) is 6.01 Å². The van der Waals surface area contributed by atoms with Gasteiger partial charge >= 0.3 is 6.01 Å². The van der Waals surface area contributed by atoms with E-state index in [0.717, 1.165) is 0 Å². The molecule has 3 aromatic heterocycles. The molecule has 0 atom stereocenters.